The number of hydrogen-bond acceptors (Lipinski definition) is 9. The lowest BCUT2D eigenvalue weighted by atomic mass is 10.2. The lowest BCUT2D eigenvalue weighted by Crippen LogP contribution is -2.49. The van der Waals surface area contributed by atoms with Gasteiger partial charge in [-0.2, -0.15) is 13.4 Å². The Morgan fingerprint density at radius 1 is 1.14 bits per heavy atom. The molecule has 0 saturated carbocycles. The van der Waals surface area contributed by atoms with Crippen molar-refractivity contribution in [3.8, 4) is 5.88 Å². The van der Waals surface area contributed by atoms with Crippen LogP contribution in [0.5, 0.6) is 5.88 Å². The molecule has 2 aromatic heterocycles. The number of pyridine rings is 1. The molecule has 0 unspecified atom stereocenters. The van der Waals surface area contributed by atoms with E-state index >= 15 is 0 Å². The van der Waals surface area contributed by atoms with Crippen LogP contribution in [0.1, 0.15) is 35.3 Å². The van der Waals surface area contributed by atoms with Gasteiger partial charge < -0.3 is 24.3 Å². The van der Waals surface area contributed by atoms with E-state index in [-0.39, 0.29) is 32.1 Å². The third kappa shape index (κ3) is 6.81. The fourth-order valence-corrected chi connectivity index (χ4v) is 4.15. The van der Waals surface area contributed by atoms with E-state index in [1.807, 2.05) is 0 Å². The van der Waals surface area contributed by atoms with Gasteiger partial charge in [0.2, 0.25) is 15.9 Å². The number of rotatable bonds is 8. The van der Waals surface area contributed by atoms with E-state index in [0.29, 0.717) is 0 Å². The SMILES string of the molecule is [2H]C1([2H])N(C(=O)c2cc3cc(NS(C)(=O)=O)ccc3[nH]2)C([2H])([2H])C([2H])([2H])N(c2nc(OS(=O)(=O)O)ccc2NC(C)C)C1([2H])[2H]. The first-order valence-electron chi connectivity index (χ1n) is 14.5. The molecule has 0 spiro atoms. The van der Waals surface area contributed by atoms with Gasteiger partial charge in [-0.1, -0.05) is 0 Å². The molecule has 1 fully saturated rings. The predicted molar refractivity (Wildman–Crippen MR) is 140 cm³/mol. The van der Waals surface area contributed by atoms with Crippen LogP contribution < -0.4 is 19.1 Å². The highest BCUT2D eigenvalue weighted by atomic mass is 32.3. The average molecular weight is 561 g/mol. The fraction of sp³-hybridized carbons (Fsp3) is 0.364. The van der Waals surface area contributed by atoms with Crippen LogP contribution in [0.3, 0.4) is 0 Å². The summed E-state index contributed by atoms with van der Waals surface area (Å²) in [6, 6.07) is 6.80. The zero-order valence-corrected chi connectivity index (χ0v) is 21.2. The summed E-state index contributed by atoms with van der Waals surface area (Å²) in [5, 5.41) is 3.04. The molecule has 4 N–H and O–H groups in total. The summed E-state index contributed by atoms with van der Waals surface area (Å²) >= 11 is 0. The molecule has 0 bridgehead atoms. The molecule has 1 amide bonds. The second-order valence-corrected chi connectivity index (χ2v) is 10.9. The molecule has 37 heavy (non-hydrogen) atoms. The summed E-state index contributed by atoms with van der Waals surface area (Å²) in [5.41, 5.74) is -0.306. The Hall–Kier alpha value is -3.56. The second-order valence-electron chi connectivity index (χ2n) is 8.11. The highest BCUT2D eigenvalue weighted by molar-refractivity contribution is 7.92. The zero-order valence-electron chi connectivity index (χ0n) is 27.6. The van der Waals surface area contributed by atoms with Crippen LogP contribution in [0.2, 0.25) is 0 Å². The van der Waals surface area contributed by atoms with E-state index in [4.69, 9.17) is 15.5 Å². The molecule has 0 radical (unpaired) electrons. The molecular formula is C22H28N6O7S2. The van der Waals surface area contributed by atoms with E-state index < -0.39 is 75.8 Å². The van der Waals surface area contributed by atoms with Crippen molar-refractivity contribution in [2.24, 2.45) is 0 Å². The maximum atomic E-state index is 13.8. The monoisotopic (exact) mass is 560 g/mol. The highest BCUT2D eigenvalue weighted by Gasteiger charge is 2.26. The number of sulfonamides is 1. The largest absolute Gasteiger partial charge is 0.447 e. The van der Waals surface area contributed by atoms with Crippen molar-refractivity contribution in [3.63, 3.8) is 0 Å². The topological polar surface area (TPSA) is 174 Å². The predicted octanol–water partition coefficient (Wildman–Crippen LogP) is 1.90. The van der Waals surface area contributed by atoms with Crippen LogP contribution in [0.25, 0.3) is 10.9 Å². The van der Waals surface area contributed by atoms with Gasteiger partial charge >= 0.3 is 10.4 Å². The maximum absolute atomic E-state index is 13.8. The molecule has 0 atom stereocenters. The van der Waals surface area contributed by atoms with E-state index in [2.05, 4.69) is 24.2 Å². The third-order valence-corrected chi connectivity index (χ3v) is 5.59. The molecule has 200 valence electrons. The minimum Gasteiger partial charge on any atom is -0.380 e. The maximum Gasteiger partial charge on any atom is 0.447 e. The van der Waals surface area contributed by atoms with Crippen molar-refractivity contribution >= 4 is 54.4 Å². The van der Waals surface area contributed by atoms with E-state index in [1.54, 1.807) is 13.8 Å². The van der Waals surface area contributed by atoms with Crippen LogP contribution >= 0.6 is 0 Å². The standard InChI is InChI=1S/C22H28N6O7S2/c1-14(2)23-18-6-7-20(35-37(32,33)34)25-21(18)27-8-10-28(11-9-27)22(29)19-13-15-12-16(26-36(3,30)31)4-5-17(15)24-19/h4-7,12-14,23-24,26H,8-11H2,1-3H3,(H,32,33,34)/i8D2,9D2,10D2,11D2. The zero-order chi connectivity index (χ0) is 34.1. The smallest absolute Gasteiger partial charge is 0.380 e. The summed E-state index contributed by atoms with van der Waals surface area (Å²) in [4.78, 5) is 20.0. The number of H-pyrrole nitrogens is 1. The Morgan fingerprint density at radius 3 is 2.46 bits per heavy atom. The molecule has 4 rings (SSSR count). The van der Waals surface area contributed by atoms with Gasteiger partial charge in [0, 0.05) is 54.7 Å². The Kier molecular flexibility index (Phi) is 4.85. The Bertz CT molecular complexity index is 1860. The van der Waals surface area contributed by atoms with Crippen molar-refractivity contribution in [2.45, 2.75) is 19.9 Å². The number of aromatic nitrogens is 2. The lowest BCUT2D eigenvalue weighted by Gasteiger charge is -2.36. The number of benzene rings is 1. The number of nitrogens with zero attached hydrogens (tertiary/aromatic N) is 3. The van der Waals surface area contributed by atoms with Crippen molar-refractivity contribution in [3.05, 3.63) is 42.1 Å². The van der Waals surface area contributed by atoms with Gasteiger partial charge in [0.15, 0.2) is 5.82 Å². The van der Waals surface area contributed by atoms with Gasteiger partial charge in [0.05, 0.1) is 22.9 Å². The summed E-state index contributed by atoms with van der Waals surface area (Å²) in [5.74, 6) is -3.20. The molecule has 1 aliphatic heterocycles. The third-order valence-electron chi connectivity index (χ3n) is 4.60. The highest BCUT2D eigenvalue weighted by Crippen LogP contribution is 2.29. The molecular weight excluding hydrogens is 524 g/mol. The number of anilines is 3. The fourth-order valence-electron chi connectivity index (χ4n) is 3.29. The van der Waals surface area contributed by atoms with Gasteiger partial charge in [0.1, 0.15) is 5.69 Å². The number of carbonyl (C=O) groups excluding carboxylic acids is 1. The Labute approximate surface area is 226 Å². The number of piperazine rings is 1. The molecule has 13 nitrogen and oxygen atoms in total. The first-order chi connectivity index (χ1) is 20.3. The minimum atomic E-state index is -5.16. The summed E-state index contributed by atoms with van der Waals surface area (Å²) in [6.07, 6.45) is 0.921. The van der Waals surface area contributed by atoms with Crippen molar-refractivity contribution in [1.29, 1.82) is 0 Å². The van der Waals surface area contributed by atoms with Crippen LogP contribution in [-0.2, 0) is 20.4 Å². The normalized spacial score (nSPS) is 23.4. The summed E-state index contributed by atoms with van der Waals surface area (Å²) in [6.45, 7) is -11.3. The Balaban J connectivity index is 1.87. The minimum absolute atomic E-state index is 0.000310. The van der Waals surface area contributed by atoms with E-state index in [0.717, 1.165) is 24.5 Å². The van der Waals surface area contributed by atoms with Crippen molar-refractivity contribution in [2.75, 3.05) is 47.2 Å². The van der Waals surface area contributed by atoms with Crippen LogP contribution in [0, 0.1) is 0 Å². The van der Waals surface area contributed by atoms with Gasteiger partial charge in [-0.05, 0) is 44.2 Å². The number of nitrogens with one attached hydrogen (secondary N) is 3. The average Bonchev–Trinajstić information content (AvgIpc) is 3.25. The number of carbonyl (C=O) groups is 1. The molecule has 3 heterocycles. The van der Waals surface area contributed by atoms with E-state index in [1.165, 1.54) is 18.2 Å². The summed E-state index contributed by atoms with van der Waals surface area (Å²) < 4.78 is 131. The number of aromatic amines is 1. The number of hydrogen-bond donors (Lipinski definition) is 4. The summed E-state index contributed by atoms with van der Waals surface area (Å²) in [7, 11) is -8.83. The number of amides is 1. The van der Waals surface area contributed by atoms with Crippen LogP contribution in [0.15, 0.2) is 36.4 Å². The van der Waals surface area contributed by atoms with Crippen LogP contribution in [0.4, 0.5) is 17.2 Å². The van der Waals surface area contributed by atoms with Crippen LogP contribution in [-0.4, -0.2) is 80.4 Å². The van der Waals surface area contributed by atoms with Gasteiger partial charge in [0.25, 0.3) is 5.91 Å². The quantitative estimate of drug-likeness (QED) is 0.298. The second kappa shape index (κ2) is 10.1. The molecule has 15 heteroatoms. The van der Waals surface area contributed by atoms with Gasteiger partial charge in [-0.3, -0.25) is 14.1 Å². The molecule has 1 aromatic carbocycles. The van der Waals surface area contributed by atoms with E-state index in [9.17, 15) is 21.6 Å². The van der Waals surface area contributed by atoms with Crippen molar-refractivity contribution in [1.82, 2.24) is 14.9 Å². The first kappa shape index (κ1) is 17.8. The lowest BCUT2D eigenvalue weighted by molar-refractivity contribution is 0.0741. The van der Waals surface area contributed by atoms with Gasteiger partial charge in [-0.25, -0.2) is 8.42 Å². The first-order valence-corrected chi connectivity index (χ1v) is 13.8. The van der Waals surface area contributed by atoms with Crippen molar-refractivity contribution < 1.29 is 41.3 Å². The molecule has 1 saturated heterocycles. The molecule has 3 aromatic rings. The molecule has 0 aliphatic carbocycles. The Morgan fingerprint density at radius 2 is 1.84 bits per heavy atom. The molecule has 1 aliphatic rings. The number of fused-ring (bicyclic) bond motifs is 1. The van der Waals surface area contributed by atoms with Gasteiger partial charge in [-0.15, -0.1) is 0 Å².